The van der Waals surface area contributed by atoms with Crippen molar-refractivity contribution in [3.8, 4) is 0 Å². The Balaban J connectivity index is 1.65. The van der Waals surface area contributed by atoms with Crippen LogP contribution >= 0.6 is 0 Å². The molecule has 0 radical (unpaired) electrons. The topological polar surface area (TPSA) is 34.0 Å². The first-order valence-electron chi connectivity index (χ1n) is 7.42. The highest BCUT2D eigenvalue weighted by atomic mass is 15.2. The minimum atomic E-state index is 0.814. The van der Waals surface area contributed by atoms with Crippen LogP contribution in [0.3, 0.4) is 0 Å². The van der Waals surface area contributed by atoms with E-state index in [4.69, 9.17) is 0 Å². The van der Waals surface area contributed by atoms with Crippen molar-refractivity contribution >= 4 is 0 Å². The fourth-order valence-electron chi connectivity index (χ4n) is 2.52. The SMILES string of the molecule is CN(Cc1cccnc1)Cc1nccn1Cc1ccccc1. The van der Waals surface area contributed by atoms with Crippen molar-refractivity contribution < 1.29 is 0 Å². The number of rotatable bonds is 6. The Morgan fingerprint density at radius 1 is 0.955 bits per heavy atom. The van der Waals surface area contributed by atoms with Gasteiger partial charge in [-0.3, -0.25) is 9.88 Å². The smallest absolute Gasteiger partial charge is 0.123 e. The molecule has 22 heavy (non-hydrogen) atoms. The fraction of sp³-hybridized carbons (Fsp3) is 0.222. The third-order valence-corrected chi connectivity index (χ3v) is 3.58. The number of imidazole rings is 1. The molecular formula is C18H20N4. The van der Waals surface area contributed by atoms with Gasteiger partial charge < -0.3 is 4.57 Å². The molecular weight excluding hydrogens is 272 g/mol. The maximum atomic E-state index is 4.50. The average Bonchev–Trinajstić information content (AvgIpc) is 2.96. The van der Waals surface area contributed by atoms with E-state index in [9.17, 15) is 0 Å². The first-order valence-corrected chi connectivity index (χ1v) is 7.42. The second-order valence-corrected chi connectivity index (χ2v) is 5.49. The molecule has 2 aromatic heterocycles. The predicted octanol–water partition coefficient (Wildman–Crippen LogP) is 2.96. The highest BCUT2D eigenvalue weighted by Gasteiger charge is 2.07. The summed E-state index contributed by atoms with van der Waals surface area (Å²) in [6, 6.07) is 14.5. The molecule has 0 saturated carbocycles. The quantitative estimate of drug-likeness (QED) is 0.700. The molecule has 0 saturated heterocycles. The lowest BCUT2D eigenvalue weighted by Gasteiger charge is -2.17. The summed E-state index contributed by atoms with van der Waals surface area (Å²) in [5.74, 6) is 1.08. The Kier molecular flexibility index (Phi) is 4.61. The van der Waals surface area contributed by atoms with Crippen molar-refractivity contribution in [2.24, 2.45) is 0 Å². The number of pyridine rings is 1. The summed E-state index contributed by atoms with van der Waals surface area (Å²) in [6.45, 7) is 2.54. The van der Waals surface area contributed by atoms with E-state index in [-0.39, 0.29) is 0 Å². The van der Waals surface area contributed by atoms with Crippen LogP contribution in [0, 0.1) is 0 Å². The van der Waals surface area contributed by atoms with Crippen LogP contribution in [0.1, 0.15) is 17.0 Å². The maximum Gasteiger partial charge on any atom is 0.123 e. The monoisotopic (exact) mass is 292 g/mol. The molecule has 0 spiro atoms. The molecule has 112 valence electrons. The molecule has 0 atom stereocenters. The van der Waals surface area contributed by atoms with E-state index in [0.717, 1.165) is 25.5 Å². The maximum absolute atomic E-state index is 4.50. The molecule has 3 aromatic rings. The van der Waals surface area contributed by atoms with E-state index in [1.54, 1.807) is 6.20 Å². The Labute approximate surface area is 131 Å². The Morgan fingerprint density at radius 2 is 1.77 bits per heavy atom. The van der Waals surface area contributed by atoms with Gasteiger partial charge in [0.25, 0.3) is 0 Å². The van der Waals surface area contributed by atoms with Crippen molar-refractivity contribution in [3.05, 3.63) is 84.2 Å². The summed E-state index contributed by atoms with van der Waals surface area (Å²) >= 11 is 0. The molecule has 0 aliphatic rings. The third-order valence-electron chi connectivity index (χ3n) is 3.58. The predicted molar refractivity (Wildman–Crippen MR) is 87.2 cm³/mol. The van der Waals surface area contributed by atoms with Crippen LogP contribution in [-0.2, 0) is 19.6 Å². The number of benzene rings is 1. The summed E-state index contributed by atoms with van der Waals surface area (Å²) in [5.41, 5.74) is 2.50. The Morgan fingerprint density at radius 3 is 2.55 bits per heavy atom. The van der Waals surface area contributed by atoms with E-state index < -0.39 is 0 Å². The summed E-state index contributed by atoms with van der Waals surface area (Å²) in [7, 11) is 2.11. The van der Waals surface area contributed by atoms with E-state index in [1.165, 1.54) is 11.1 Å². The molecule has 4 heteroatoms. The minimum Gasteiger partial charge on any atom is -0.329 e. The highest BCUT2D eigenvalue weighted by molar-refractivity contribution is 5.16. The highest BCUT2D eigenvalue weighted by Crippen LogP contribution is 2.09. The summed E-state index contributed by atoms with van der Waals surface area (Å²) < 4.78 is 2.20. The van der Waals surface area contributed by atoms with Crippen molar-refractivity contribution in [3.63, 3.8) is 0 Å². The zero-order valence-corrected chi connectivity index (χ0v) is 12.8. The van der Waals surface area contributed by atoms with Gasteiger partial charge in [-0.25, -0.2) is 4.98 Å². The van der Waals surface area contributed by atoms with Gasteiger partial charge in [0.1, 0.15) is 5.82 Å². The van der Waals surface area contributed by atoms with E-state index in [0.29, 0.717) is 0 Å². The lowest BCUT2D eigenvalue weighted by molar-refractivity contribution is 0.305. The number of aromatic nitrogens is 3. The van der Waals surface area contributed by atoms with Crippen LogP contribution < -0.4 is 0 Å². The molecule has 0 unspecified atom stereocenters. The van der Waals surface area contributed by atoms with E-state index in [2.05, 4.69) is 56.8 Å². The standard InChI is InChI=1S/C18H20N4/c1-21(13-17-8-5-9-19-12-17)15-18-20-10-11-22(18)14-16-6-3-2-4-7-16/h2-12H,13-15H2,1H3. The molecule has 0 amide bonds. The van der Waals surface area contributed by atoms with Gasteiger partial charge in [-0.15, -0.1) is 0 Å². The van der Waals surface area contributed by atoms with Crippen molar-refractivity contribution in [2.45, 2.75) is 19.6 Å². The normalized spacial score (nSPS) is 11.0. The zero-order valence-electron chi connectivity index (χ0n) is 12.8. The van der Waals surface area contributed by atoms with Crippen molar-refractivity contribution in [1.82, 2.24) is 19.4 Å². The van der Waals surface area contributed by atoms with Crippen LogP contribution in [0.25, 0.3) is 0 Å². The van der Waals surface area contributed by atoms with Crippen LogP contribution in [0.4, 0.5) is 0 Å². The van der Waals surface area contributed by atoms with Crippen LogP contribution in [-0.4, -0.2) is 26.5 Å². The fourth-order valence-corrected chi connectivity index (χ4v) is 2.52. The van der Waals surface area contributed by atoms with Gasteiger partial charge in [0.15, 0.2) is 0 Å². The second kappa shape index (κ2) is 7.00. The first kappa shape index (κ1) is 14.5. The zero-order chi connectivity index (χ0) is 15.2. The number of hydrogen-bond acceptors (Lipinski definition) is 3. The van der Waals surface area contributed by atoms with Gasteiger partial charge in [-0.2, -0.15) is 0 Å². The largest absolute Gasteiger partial charge is 0.329 e. The minimum absolute atomic E-state index is 0.814. The average molecular weight is 292 g/mol. The summed E-state index contributed by atoms with van der Waals surface area (Å²) in [4.78, 5) is 10.9. The van der Waals surface area contributed by atoms with Gasteiger partial charge in [-0.05, 0) is 24.2 Å². The molecule has 1 aromatic carbocycles. The summed E-state index contributed by atoms with van der Waals surface area (Å²) in [6.07, 6.45) is 7.62. The first-order chi connectivity index (χ1) is 10.8. The van der Waals surface area contributed by atoms with Crippen LogP contribution in [0.15, 0.2) is 67.3 Å². The number of hydrogen-bond donors (Lipinski definition) is 0. The van der Waals surface area contributed by atoms with Gasteiger partial charge in [0, 0.05) is 37.9 Å². The molecule has 0 bridgehead atoms. The lowest BCUT2D eigenvalue weighted by atomic mass is 10.2. The Bertz CT molecular complexity index is 691. The van der Waals surface area contributed by atoms with Crippen molar-refractivity contribution in [1.29, 1.82) is 0 Å². The molecule has 0 N–H and O–H groups in total. The molecule has 0 aliphatic carbocycles. The summed E-state index contributed by atoms with van der Waals surface area (Å²) in [5, 5.41) is 0. The third kappa shape index (κ3) is 3.80. The Hall–Kier alpha value is -2.46. The second-order valence-electron chi connectivity index (χ2n) is 5.49. The number of nitrogens with zero attached hydrogens (tertiary/aromatic N) is 4. The van der Waals surface area contributed by atoms with Crippen LogP contribution in [0.5, 0.6) is 0 Å². The van der Waals surface area contributed by atoms with Crippen molar-refractivity contribution in [2.75, 3.05) is 7.05 Å². The molecule has 0 fully saturated rings. The lowest BCUT2D eigenvalue weighted by Crippen LogP contribution is -2.20. The van der Waals surface area contributed by atoms with E-state index in [1.807, 2.05) is 30.7 Å². The molecule has 2 heterocycles. The molecule has 0 aliphatic heterocycles. The van der Waals surface area contributed by atoms with E-state index >= 15 is 0 Å². The van der Waals surface area contributed by atoms with Gasteiger partial charge in [-0.1, -0.05) is 36.4 Å². The van der Waals surface area contributed by atoms with Crippen LogP contribution in [0.2, 0.25) is 0 Å². The van der Waals surface area contributed by atoms with Gasteiger partial charge in [0.2, 0.25) is 0 Å². The van der Waals surface area contributed by atoms with Gasteiger partial charge >= 0.3 is 0 Å². The molecule has 4 nitrogen and oxygen atoms in total. The molecule has 3 rings (SSSR count). The van der Waals surface area contributed by atoms with Gasteiger partial charge in [0.05, 0.1) is 6.54 Å².